The molecular weight excluding hydrogens is 484 g/mol. The Kier molecular flexibility index (Phi) is 10.7. The lowest BCUT2D eigenvalue weighted by atomic mass is 9.97. The van der Waals surface area contributed by atoms with Crippen LogP contribution in [0.2, 0.25) is 0 Å². The Morgan fingerprint density at radius 2 is 1.74 bits per heavy atom. The van der Waals surface area contributed by atoms with Crippen molar-refractivity contribution in [3.63, 3.8) is 0 Å². The smallest absolute Gasteiger partial charge is 0.408 e. The Balaban J connectivity index is 2.53. The summed E-state index contributed by atoms with van der Waals surface area (Å²) in [5.74, 6) is -1.11. The summed E-state index contributed by atoms with van der Waals surface area (Å²) in [6.45, 7) is 15.2. The van der Waals surface area contributed by atoms with E-state index < -0.39 is 35.6 Å². The van der Waals surface area contributed by atoms with Crippen LogP contribution in [0.25, 0.3) is 0 Å². The summed E-state index contributed by atoms with van der Waals surface area (Å²) in [6, 6.07) is 3.54. The first-order valence-electron chi connectivity index (χ1n) is 13.6. The van der Waals surface area contributed by atoms with Gasteiger partial charge in [0.05, 0.1) is 0 Å². The number of hydrogen-bond donors (Lipinski definition) is 3. The van der Waals surface area contributed by atoms with E-state index in [-0.39, 0.29) is 36.8 Å². The molecule has 9 heteroatoms. The number of amides is 4. The molecule has 0 aliphatic heterocycles. The number of ether oxygens (including phenoxy) is 1. The Labute approximate surface area is 227 Å². The molecule has 212 valence electrons. The minimum absolute atomic E-state index is 0.00148. The molecule has 0 heterocycles. The first-order chi connectivity index (χ1) is 17.6. The molecule has 1 aromatic carbocycles. The van der Waals surface area contributed by atoms with Crippen LogP contribution in [0.1, 0.15) is 96.4 Å². The molecule has 1 saturated carbocycles. The molecule has 1 aromatic rings. The summed E-state index contributed by atoms with van der Waals surface area (Å²) in [6.07, 6.45) is 1.58. The predicted octanol–water partition coefficient (Wildman–Crippen LogP) is 4.05. The summed E-state index contributed by atoms with van der Waals surface area (Å²) >= 11 is 0. The van der Waals surface area contributed by atoms with E-state index >= 15 is 0 Å². The lowest BCUT2D eigenvalue weighted by molar-refractivity contribution is -0.144. The van der Waals surface area contributed by atoms with Gasteiger partial charge >= 0.3 is 6.09 Å². The Bertz CT molecular complexity index is 1020. The van der Waals surface area contributed by atoms with Gasteiger partial charge < -0.3 is 26.0 Å². The zero-order valence-corrected chi connectivity index (χ0v) is 24.2. The van der Waals surface area contributed by atoms with Crippen molar-refractivity contribution in [3.8, 4) is 0 Å². The maximum absolute atomic E-state index is 14.2. The molecule has 5 atom stereocenters. The molecule has 2 rings (SSSR count). The fourth-order valence-corrected chi connectivity index (χ4v) is 4.55. The minimum atomic E-state index is -1.08. The highest BCUT2D eigenvalue weighted by molar-refractivity contribution is 5.93. The van der Waals surface area contributed by atoms with Crippen molar-refractivity contribution in [2.24, 2.45) is 11.7 Å². The summed E-state index contributed by atoms with van der Waals surface area (Å²) in [5.41, 5.74) is 7.40. The third-order valence-corrected chi connectivity index (χ3v) is 6.83. The van der Waals surface area contributed by atoms with Gasteiger partial charge in [-0.1, -0.05) is 38.5 Å². The Hall–Kier alpha value is -3.10. The number of alkyl carbamates (subject to hydrolysis) is 1. The van der Waals surface area contributed by atoms with Crippen molar-refractivity contribution in [1.82, 2.24) is 15.5 Å². The fraction of sp³-hybridized carbons (Fsp3) is 0.655. The number of hydrogen-bond acceptors (Lipinski definition) is 5. The molecular formula is C29H46N4O5. The van der Waals surface area contributed by atoms with E-state index in [9.17, 15) is 19.2 Å². The Morgan fingerprint density at radius 3 is 2.24 bits per heavy atom. The highest BCUT2D eigenvalue weighted by atomic mass is 16.6. The van der Waals surface area contributed by atoms with Gasteiger partial charge in [-0.2, -0.15) is 0 Å². The van der Waals surface area contributed by atoms with Crippen LogP contribution in [-0.2, 0) is 19.1 Å². The molecule has 0 bridgehead atoms. The summed E-state index contributed by atoms with van der Waals surface area (Å²) < 4.78 is 5.39. The quantitative estimate of drug-likeness (QED) is 0.375. The number of nitrogens with two attached hydrogens (primary N) is 1. The van der Waals surface area contributed by atoms with Crippen LogP contribution in [-0.4, -0.2) is 52.4 Å². The van der Waals surface area contributed by atoms with Crippen LogP contribution in [0, 0.1) is 19.8 Å². The highest BCUT2D eigenvalue weighted by Crippen LogP contribution is 2.41. The van der Waals surface area contributed by atoms with Gasteiger partial charge in [0.1, 0.15) is 17.7 Å². The van der Waals surface area contributed by atoms with Gasteiger partial charge in [-0.3, -0.25) is 14.4 Å². The molecule has 1 fully saturated rings. The van der Waals surface area contributed by atoms with Crippen LogP contribution >= 0.6 is 0 Å². The van der Waals surface area contributed by atoms with Gasteiger partial charge in [0.15, 0.2) is 0 Å². The zero-order chi connectivity index (χ0) is 28.8. The molecule has 5 unspecified atom stereocenters. The summed E-state index contributed by atoms with van der Waals surface area (Å²) in [4.78, 5) is 53.9. The van der Waals surface area contributed by atoms with Crippen LogP contribution in [0.15, 0.2) is 18.2 Å². The van der Waals surface area contributed by atoms with Crippen molar-refractivity contribution in [2.45, 2.75) is 117 Å². The lowest BCUT2D eigenvalue weighted by Crippen LogP contribution is -2.54. The number of nitrogens with one attached hydrogen (secondary N) is 2. The van der Waals surface area contributed by atoms with Crippen molar-refractivity contribution in [1.29, 1.82) is 0 Å². The maximum Gasteiger partial charge on any atom is 0.408 e. The molecule has 0 aromatic heterocycles. The van der Waals surface area contributed by atoms with Crippen molar-refractivity contribution >= 4 is 23.8 Å². The SMILES string of the molecule is CCCC(C)NC(=O)C(c1ccc(C)c(C)c1)N(C(=O)C(CCC(N)=O)NC(=O)OC(C)(C)C)C1CC1C. The molecule has 38 heavy (non-hydrogen) atoms. The topological polar surface area (TPSA) is 131 Å². The minimum Gasteiger partial charge on any atom is -0.444 e. The summed E-state index contributed by atoms with van der Waals surface area (Å²) in [5, 5.41) is 5.73. The van der Waals surface area contributed by atoms with Gasteiger partial charge in [-0.05, 0) is 83.4 Å². The third kappa shape index (κ3) is 9.03. The van der Waals surface area contributed by atoms with Crippen LogP contribution in [0.5, 0.6) is 0 Å². The van der Waals surface area contributed by atoms with Crippen molar-refractivity contribution < 1.29 is 23.9 Å². The average molecular weight is 531 g/mol. The van der Waals surface area contributed by atoms with Gasteiger partial charge in [0.2, 0.25) is 17.7 Å². The van der Waals surface area contributed by atoms with E-state index in [1.54, 1.807) is 25.7 Å². The number of rotatable bonds is 12. The molecule has 9 nitrogen and oxygen atoms in total. The lowest BCUT2D eigenvalue weighted by Gasteiger charge is -2.35. The number of primary amides is 1. The standard InChI is InChI=1S/C29H46N4O5/c1-9-10-20(5)31-26(35)25(21-12-11-17(2)18(3)15-21)33(23-16-19(23)4)27(36)22(13-14-24(30)34)32-28(37)38-29(6,7)8/h11-12,15,19-20,22-23,25H,9-10,13-14,16H2,1-8H3,(H2,30,34)(H,31,35)(H,32,37). The maximum atomic E-state index is 14.2. The third-order valence-electron chi connectivity index (χ3n) is 6.83. The van der Waals surface area contributed by atoms with Gasteiger partial charge in [-0.15, -0.1) is 0 Å². The molecule has 1 aliphatic carbocycles. The van der Waals surface area contributed by atoms with E-state index in [1.165, 1.54) is 0 Å². The highest BCUT2D eigenvalue weighted by Gasteiger charge is 2.48. The first kappa shape index (κ1) is 31.1. The van der Waals surface area contributed by atoms with Gasteiger partial charge in [0, 0.05) is 18.5 Å². The number of carbonyl (C=O) groups excluding carboxylic acids is 4. The molecule has 1 aliphatic rings. The molecule has 0 spiro atoms. The number of nitrogens with zero attached hydrogens (tertiary/aromatic N) is 1. The van der Waals surface area contributed by atoms with Crippen molar-refractivity contribution in [2.75, 3.05) is 0 Å². The van der Waals surface area contributed by atoms with E-state index in [0.29, 0.717) is 5.56 Å². The fourth-order valence-electron chi connectivity index (χ4n) is 4.55. The molecule has 4 N–H and O–H groups in total. The second-order valence-corrected chi connectivity index (χ2v) is 11.7. The molecule has 0 saturated heterocycles. The number of carbonyl (C=O) groups is 4. The van der Waals surface area contributed by atoms with E-state index in [0.717, 1.165) is 30.4 Å². The van der Waals surface area contributed by atoms with E-state index in [1.807, 2.05) is 45.9 Å². The van der Waals surface area contributed by atoms with Crippen molar-refractivity contribution in [3.05, 3.63) is 34.9 Å². The normalized spacial score (nSPS) is 19.1. The first-order valence-corrected chi connectivity index (χ1v) is 13.6. The average Bonchev–Trinajstić information content (AvgIpc) is 3.50. The van der Waals surface area contributed by atoms with Gasteiger partial charge in [-0.25, -0.2) is 4.79 Å². The second-order valence-electron chi connectivity index (χ2n) is 11.7. The van der Waals surface area contributed by atoms with E-state index in [4.69, 9.17) is 10.5 Å². The molecule has 4 amide bonds. The second kappa shape index (κ2) is 13.1. The zero-order valence-electron chi connectivity index (χ0n) is 24.2. The van der Waals surface area contributed by atoms with Gasteiger partial charge in [0.25, 0.3) is 0 Å². The number of benzene rings is 1. The number of aryl methyl sites for hydroxylation is 2. The van der Waals surface area contributed by atoms with Crippen LogP contribution in [0.4, 0.5) is 4.79 Å². The van der Waals surface area contributed by atoms with Crippen LogP contribution < -0.4 is 16.4 Å². The van der Waals surface area contributed by atoms with Crippen LogP contribution in [0.3, 0.4) is 0 Å². The predicted molar refractivity (Wildman–Crippen MR) is 147 cm³/mol. The summed E-state index contributed by atoms with van der Waals surface area (Å²) in [7, 11) is 0. The Morgan fingerprint density at radius 1 is 1.11 bits per heavy atom. The van der Waals surface area contributed by atoms with E-state index in [2.05, 4.69) is 17.6 Å². The monoisotopic (exact) mass is 530 g/mol. The molecule has 0 radical (unpaired) electrons. The largest absolute Gasteiger partial charge is 0.444 e.